The molecular weight excluding hydrogens is 272 g/mol. The number of hydrogen-bond acceptors (Lipinski definition) is 3. The Morgan fingerprint density at radius 3 is 2.45 bits per heavy atom. The molecule has 0 aromatic heterocycles. The molecular formula is C19H20N2O. The number of allylic oxidation sites excluding steroid dienone is 1. The van der Waals surface area contributed by atoms with E-state index in [0.717, 1.165) is 34.5 Å². The number of carbonyl (C=O) groups is 1. The summed E-state index contributed by atoms with van der Waals surface area (Å²) in [4.78, 5) is 13.7. The third-order valence-electron chi connectivity index (χ3n) is 3.91. The second-order valence-corrected chi connectivity index (χ2v) is 6.01. The van der Waals surface area contributed by atoms with Gasteiger partial charge in [0, 0.05) is 24.2 Å². The van der Waals surface area contributed by atoms with Crippen LogP contribution in [0.25, 0.3) is 17.2 Å². The Labute approximate surface area is 131 Å². The average molecular weight is 292 g/mol. The van der Waals surface area contributed by atoms with Crippen LogP contribution in [-0.2, 0) is 17.8 Å². The van der Waals surface area contributed by atoms with E-state index in [2.05, 4.69) is 43.3 Å². The number of fused-ring (bicyclic) bond motifs is 1. The summed E-state index contributed by atoms with van der Waals surface area (Å²) in [6.07, 6.45) is 3.99. The number of ketones is 1. The number of nitrogen functional groups attached to an aromatic ring is 1. The lowest BCUT2D eigenvalue weighted by atomic mass is 9.88. The zero-order chi connectivity index (χ0) is 15.7. The minimum atomic E-state index is 0.143. The number of nitrogens with two attached hydrogens (primary N) is 1. The molecule has 0 fully saturated rings. The molecule has 2 aromatic carbocycles. The average Bonchev–Trinajstić information content (AvgIpc) is 2.48. The van der Waals surface area contributed by atoms with Gasteiger partial charge in [0.2, 0.25) is 0 Å². The van der Waals surface area contributed by atoms with E-state index in [4.69, 9.17) is 5.73 Å². The summed E-state index contributed by atoms with van der Waals surface area (Å²) in [7, 11) is 4.11. The summed E-state index contributed by atoms with van der Waals surface area (Å²) in [5, 5.41) is 0. The molecule has 22 heavy (non-hydrogen) atoms. The fraction of sp³-hybridized carbons (Fsp3) is 0.211. The van der Waals surface area contributed by atoms with Crippen molar-refractivity contribution in [3.8, 4) is 11.1 Å². The first-order valence-corrected chi connectivity index (χ1v) is 7.41. The van der Waals surface area contributed by atoms with Crippen molar-refractivity contribution in [2.45, 2.75) is 13.0 Å². The lowest BCUT2D eigenvalue weighted by Gasteiger charge is -2.17. The van der Waals surface area contributed by atoms with Crippen LogP contribution in [0.15, 0.2) is 42.5 Å². The maximum absolute atomic E-state index is 11.6. The molecule has 0 heterocycles. The van der Waals surface area contributed by atoms with Gasteiger partial charge in [0.15, 0.2) is 5.78 Å². The number of rotatable bonds is 3. The number of carbonyl (C=O) groups excluding carboxylic acids is 1. The maximum atomic E-state index is 11.6. The van der Waals surface area contributed by atoms with Crippen LogP contribution in [0.5, 0.6) is 0 Å². The number of benzene rings is 2. The minimum absolute atomic E-state index is 0.143. The highest BCUT2D eigenvalue weighted by Crippen LogP contribution is 2.35. The van der Waals surface area contributed by atoms with Crippen LogP contribution >= 0.6 is 0 Å². The second-order valence-electron chi connectivity index (χ2n) is 6.01. The van der Waals surface area contributed by atoms with Crippen LogP contribution in [0, 0.1) is 0 Å². The number of hydrogen-bond donors (Lipinski definition) is 1. The van der Waals surface area contributed by atoms with Crippen LogP contribution in [0.3, 0.4) is 0 Å². The molecule has 0 bridgehead atoms. The largest absolute Gasteiger partial charge is 0.398 e. The monoisotopic (exact) mass is 292 g/mol. The van der Waals surface area contributed by atoms with E-state index < -0.39 is 0 Å². The number of anilines is 1. The third-order valence-corrected chi connectivity index (χ3v) is 3.91. The van der Waals surface area contributed by atoms with Crippen molar-refractivity contribution >= 4 is 17.5 Å². The summed E-state index contributed by atoms with van der Waals surface area (Å²) in [5.74, 6) is 0.143. The zero-order valence-electron chi connectivity index (χ0n) is 13.0. The lowest BCUT2D eigenvalue weighted by molar-refractivity contribution is -0.114. The molecule has 0 atom stereocenters. The van der Waals surface area contributed by atoms with Crippen molar-refractivity contribution in [2.75, 3.05) is 19.8 Å². The van der Waals surface area contributed by atoms with E-state index in [1.807, 2.05) is 18.2 Å². The molecule has 0 saturated heterocycles. The molecule has 0 saturated carbocycles. The summed E-state index contributed by atoms with van der Waals surface area (Å²) < 4.78 is 0. The Morgan fingerprint density at radius 2 is 1.77 bits per heavy atom. The quantitative estimate of drug-likeness (QED) is 0.884. The molecule has 3 rings (SSSR count). The summed E-state index contributed by atoms with van der Waals surface area (Å²) in [6.45, 7) is 0.914. The van der Waals surface area contributed by atoms with Gasteiger partial charge in [-0.1, -0.05) is 36.4 Å². The Balaban J connectivity index is 2.04. The molecule has 112 valence electrons. The second kappa shape index (κ2) is 5.78. The zero-order valence-corrected chi connectivity index (χ0v) is 13.0. The van der Waals surface area contributed by atoms with Gasteiger partial charge >= 0.3 is 0 Å². The minimum Gasteiger partial charge on any atom is -0.398 e. The molecule has 0 amide bonds. The van der Waals surface area contributed by atoms with Gasteiger partial charge in [0.05, 0.1) is 0 Å². The van der Waals surface area contributed by atoms with Gasteiger partial charge in [-0.3, -0.25) is 4.79 Å². The molecule has 1 aliphatic rings. The van der Waals surface area contributed by atoms with E-state index in [1.54, 1.807) is 6.08 Å². The predicted molar refractivity (Wildman–Crippen MR) is 91.4 cm³/mol. The van der Waals surface area contributed by atoms with Crippen LogP contribution < -0.4 is 5.73 Å². The Kier molecular flexibility index (Phi) is 3.82. The van der Waals surface area contributed by atoms with Gasteiger partial charge in [0.1, 0.15) is 0 Å². The number of nitrogens with zero attached hydrogens (tertiary/aromatic N) is 1. The summed E-state index contributed by atoms with van der Waals surface area (Å²) >= 11 is 0. The molecule has 3 nitrogen and oxygen atoms in total. The molecule has 0 aliphatic heterocycles. The van der Waals surface area contributed by atoms with Crippen molar-refractivity contribution in [2.24, 2.45) is 0 Å². The van der Waals surface area contributed by atoms with Gasteiger partial charge in [-0.15, -0.1) is 0 Å². The molecule has 1 aliphatic carbocycles. The van der Waals surface area contributed by atoms with Crippen molar-refractivity contribution in [3.63, 3.8) is 0 Å². The lowest BCUT2D eigenvalue weighted by Crippen LogP contribution is -2.10. The molecule has 0 spiro atoms. The first-order chi connectivity index (χ1) is 10.5. The Bertz CT molecular complexity index is 743. The summed E-state index contributed by atoms with van der Waals surface area (Å²) in [6, 6.07) is 12.3. The van der Waals surface area contributed by atoms with E-state index in [9.17, 15) is 4.79 Å². The van der Waals surface area contributed by atoms with Crippen molar-refractivity contribution in [3.05, 3.63) is 59.2 Å². The topological polar surface area (TPSA) is 46.3 Å². The van der Waals surface area contributed by atoms with Crippen LogP contribution in [-0.4, -0.2) is 24.8 Å². The molecule has 0 unspecified atom stereocenters. The fourth-order valence-electron chi connectivity index (χ4n) is 2.91. The van der Waals surface area contributed by atoms with Gasteiger partial charge in [-0.25, -0.2) is 0 Å². The van der Waals surface area contributed by atoms with Crippen LogP contribution in [0.1, 0.15) is 16.7 Å². The Morgan fingerprint density at radius 1 is 1.05 bits per heavy atom. The first-order valence-electron chi connectivity index (χ1n) is 7.41. The van der Waals surface area contributed by atoms with E-state index in [-0.39, 0.29) is 5.78 Å². The highest BCUT2D eigenvalue weighted by atomic mass is 16.1. The standard InChI is InChI=1S/C19H20N2O/c1-21(2)12-13-3-5-14(6-4-13)19-17-9-8-16(22)11-15(17)7-10-18(19)20/h3-10H,11-12,20H2,1-2H3. The fourth-order valence-corrected chi connectivity index (χ4v) is 2.91. The van der Waals surface area contributed by atoms with E-state index >= 15 is 0 Å². The normalized spacial score (nSPS) is 13.5. The third kappa shape index (κ3) is 2.81. The molecule has 2 N–H and O–H groups in total. The smallest absolute Gasteiger partial charge is 0.160 e. The van der Waals surface area contributed by atoms with Crippen molar-refractivity contribution in [1.29, 1.82) is 0 Å². The Hall–Kier alpha value is -2.39. The molecule has 2 aromatic rings. The van der Waals surface area contributed by atoms with Crippen molar-refractivity contribution in [1.82, 2.24) is 4.90 Å². The highest BCUT2D eigenvalue weighted by molar-refractivity contribution is 6.01. The predicted octanol–water partition coefficient (Wildman–Crippen LogP) is 3.14. The van der Waals surface area contributed by atoms with E-state index in [1.165, 1.54) is 5.56 Å². The summed E-state index contributed by atoms with van der Waals surface area (Å²) in [5.41, 5.74) is 12.5. The molecule has 0 radical (unpaired) electrons. The molecule has 3 heteroatoms. The van der Waals surface area contributed by atoms with Crippen LogP contribution in [0.2, 0.25) is 0 Å². The van der Waals surface area contributed by atoms with Gasteiger partial charge < -0.3 is 10.6 Å². The SMILES string of the molecule is CN(C)Cc1ccc(-c2c(N)ccc3c2C=CC(=O)C3)cc1. The van der Waals surface area contributed by atoms with E-state index in [0.29, 0.717) is 6.42 Å². The van der Waals surface area contributed by atoms with Crippen LogP contribution in [0.4, 0.5) is 5.69 Å². The van der Waals surface area contributed by atoms with Gasteiger partial charge in [-0.05, 0) is 48.5 Å². The maximum Gasteiger partial charge on any atom is 0.160 e. The van der Waals surface area contributed by atoms with Gasteiger partial charge in [-0.2, -0.15) is 0 Å². The highest BCUT2D eigenvalue weighted by Gasteiger charge is 2.16. The first kappa shape index (κ1) is 14.5. The van der Waals surface area contributed by atoms with Crippen molar-refractivity contribution < 1.29 is 4.79 Å². The van der Waals surface area contributed by atoms with Gasteiger partial charge in [0.25, 0.3) is 0 Å².